The molecule has 8 heteroatoms. The molecule has 0 bridgehead atoms. The van der Waals surface area contributed by atoms with Gasteiger partial charge in [-0.15, -0.1) is 4.57 Å². The Hall–Kier alpha value is -4.40. The van der Waals surface area contributed by atoms with Gasteiger partial charge in [0.15, 0.2) is 0 Å². The zero-order valence-electron chi connectivity index (χ0n) is 23.0. The molecule has 2 N–H and O–H groups in total. The van der Waals surface area contributed by atoms with Crippen LogP contribution in [0.25, 0.3) is 27.8 Å². The predicted octanol–water partition coefficient (Wildman–Crippen LogP) is 5.72. The zero-order valence-corrected chi connectivity index (χ0v) is 23.0. The zero-order chi connectivity index (χ0) is 27.9. The highest BCUT2D eigenvalue weighted by Crippen LogP contribution is 2.27. The minimum atomic E-state index is 0.0212. The summed E-state index contributed by atoms with van der Waals surface area (Å²) in [6.45, 7) is 7.16. The molecule has 0 aliphatic rings. The van der Waals surface area contributed by atoms with Crippen LogP contribution < -0.4 is 14.4 Å². The van der Waals surface area contributed by atoms with Crippen molar-refractivity contribution in [1.82, 2.24) is 4.98 Å². The molecular formula is C32H35N6O2+. The van der Waals surface area contributed by atoms with Crippen molar-refractivity contribution in [2.45, 2.75) is 13.8 Å². The van der Waals surface area contributed by atoms with Gasteiger partial charge in [-0.2, -0.15) is 10.2 Å². The Morgan fingerprint density at radius 2 is 1.23 bits per heavy atom. The number of anilines is 2. The number of aromatic nitrogens is 2. The van der Waals surface area contributed by atoms with Crippen molar-refractivity contribution in [3.8, 4) is 5.69 Å². The first-order valence-corrected chi connectivity index (χ1v) is 13.7. The third kappa shape index (κ3) is 5.78. The molecule has 0 saturated carbocycles. The quantitative estimate of drug-likeness (QED) is 0.128. The largest absolute Gasteiger partial charge is 0.395 e. The molecule has 4 aromatic carbocycles. The van der Waals surface area contributed by atoms with Gasteiger partial charge in [-0.05, 0) is 62.4 Å². The highest BCUT2D eigenvalue weighted by Gasteiger charge is 2.21. The summed E-state index contributed by atoms with van der Waals surface area (Å²) < 4.78 is 2.25. The maximum Gasteiger partial charge on any atom is 0.239 e. The highest BCUT2D eigenvalue weighted by atomic mass is 16.3. The van der Waals surface area contributed by atoms with Gasteiger partial charge in [0.25, 0.3) is 0 Å². The summed E-state index contributed by atoms with van der Waals surface area (Å²) in [5, 5.41) is 27.6. The molecule has 5 aromatic rings. The van der Waals surface area contributed by atoms with Crippen LogP contribution in [0, 0.1) is 0 Å². The fraction of sp³-hybridized carbons (Fsp3) is 0.250. The lowest BCUT2D eigenvalue weighted by Gasteiger charge is -2.22. The number of hydrogen-bond donors (Lipinski definition) is 2. The second-order valence-corrected chi connectivity index (χ2v) is 9.45. The first kappa shape index (κ1) is 27.2. The molecule has 0 unspecified atom stereocenters. The third-order valence-corrected chi connectivity index (χ3v) is 7.02. The van der Waals surface area contributed by atoms with Gasteiger partial charge in [0.1, 0.15) is 11.0 Å². The van der Waals surface area contributed by atoms with Crippen molar-refractivity contribution in [2.75, 3.05) is 49.2 Å². The molecule has 0 saturated heterocycles. The number of fused-ring (bicyclic) bond motifs is 2. The van der Waals surface area contributed by atoms with E-state index in [-0.39, 0.29) is 13.2 Å². The van der Waals surface area contributed by atoms with Crippen LogP contribution in [-0.4, -0.2) is 54.6 Å². The van der Waals surface area contributed by atoms with Gasteiger partial charge in [-0.25, -0.2) is 4.98 Å². The maximum atomic E-state index is 9.31. The minimum absolute atomic E-state index is 0.0212. The molecule has 1 heterocycles. The van der Waals surface area contributed by atoms with Crippen molar-refractivity contribution in [1.29, 1.82) is 0 Å². The van der Waals surface area contributed by atoms with Crippen LogP contribution in [0.3, 0.4) is 0 Å². The Labute approximate surface area is 234 Å². The van der Waals surface area contributed by atoms with Gasteiger partial charge in [0.05, 0.1) is 24.6 Å². The summed E-state index contributed by atoms with van der Waals surface area (Å²) in [5.74, 6) is 0. The molecule has 40 heavy (non-hydrogen) atoms. The van der Waals surface area contributed by atoms with E-state index in [2.05, 4.69) is 63.9 Å². The third-order valence-electron chi connectivity index (χ3n) is 7.02. The van der Waals surface area contributed by atoms with E-state index in [0.717, 1.165) is 52.2 Å². The van der Waals surface area contributed by atoms with Crippen LogP contribution in [0.5, 0.6) is 0 Å². The van der Waals surface area contributed by atoms with Crippen LogP contribution in [0.15, 0.2) is 101 Å². The van der Waals surface area contributed by atoms with Crippen molar-refractivity contribution in [3.05, 3.63) is 91.0 Å². The molecule has 8 nitrogen and oxygen atoms in total. The van der Waals surface area contributed by atoms with Gasteiger partial charge >= 0.3 is 0 Å². The normalized spacial score (nSPS) is 11.5. The van der Waals surface area contributed by atoms with Crippen LogP contribution in [0.1, 0.15) is 13.8 Å². The van der Waals surface area contributed by atoms with E-state index in [4.69, 9.17) is 4.98 Å². The van der Waals surface area contributed by atoms with E-state index in [1.807, 2.05) is 65.6 Å². The fourth-order valence-electron chi connectivity index (χ4n) is 4.99. The molecule has 0 spiro atoms. The van der Waals surface area contributed by atoms with Crippen molar-refractivity contribution in [2.24, 2.45) is 10.2 Å². The second kappa shape index (κ2) is 12.6. The topological polar surface area (TPSA) is 88.4 Å². The lowest BCUT2D eigenvalue weighted by molar-refractivity contribution is -0.538. The maximum absolute atomic E-state index is 9.31. The number of hydrogen-bond acceptors (Lipinski definition) is 7. The Morgan fingerprint density at radius 1 is 0.650 bits per heavy atom. The summed E-state index contributed by atoms with van der Waals surface area (Å²) in [6.07, 6.45) is 0. The molecule has 1 aromatic heterocycles. The number of aliphatic hydroxyl groups excluding tert-OH is 2. The number of azo groups is 1. The Bertz CT molecular complexity index is 1600. The van der Waals surface area contributed by atoms with E-state index in [9.17, 15) is 10.2 Å². The van der Waals surface area contributed by atoms with Crippen LogP contribution in [0.2, 0.25) is 0 Å². The van der Waals surface area contributed by atoms with Crippen molar-refractivity contribution in [3.63, 3.8) is 0 Å². The summed E-state index contributed by atoms with van der Waals surface area (Å²) in [7, 11) is 0. The number of aliphatic hydroxyl groups is 2. The van der Waals surface area contributed by atoms with Crippen molar-refractivity contribution < 1.29 is 14.8 Å². The van der Waals surface area contributed by atoms with E-state index in [0.29, 0.717) is 18.8 Å². The predicted molar refractivity (Wildman–Crippen MR) is 161 cm³/mol. The average molecular weight is 536 g/mol. The summed E-state index contributed by atoms with van der Waals surface area (Å²) in [4.78, 5) is 9.24. The van der Waals surface area contributed by atoms with E-state index < -0.39 is 0 Å². The van der Waals surface area contributed by atoms with E-state index >= 15 is 0 Å². The number of para-hydroxylation sites is 1. The van der Waals surface area contributed by atoms with Crippen molar-refractivity contribution >= 4 is 44.8 Å². The summed E-state index contributed by atoms with van der Waals surface area (Å²) >= 11 is 0. The highest BCUT2D eigenvalue weighted by molar-refractivity contribution is 5.85. The second-order valence-electron chi connectivity index (χ2n) is 9.45. The molecule has 0 fully saturated rings. The van der Waals surface area contributed by atoms with Gasteiger partial charge in [0.2, 0.25) is 16.7 Å². The lowest BCUT2D eigenvalue weighted by Crippen LogP contribution is -2.33. The number of nitrogens with zero attached hydrogens (tertiary/aromatic N) is 6. The van der Waals surface area contributed by atoms with Gasteiger partial charge in [-0.1, -0.05) is 18.2 Å². The fourth-order valence-corrected chi connectivity index (χ4v) is 4.99. The molecule has 5 rings (SSSR count). The lowest BCUT2D eigenvalue weighted by atomic mass is 10.1. The Morgan fingerprint density at radius 3 is 1.88 bits per heavy atom. The molecule has 204 valence electrons. The van der Waals surface area contributed by atoms with Crippen LogP contribution in [0.4, 0.5) is 22.7 Å². The molecule has 0 atom stereocenters. The molecule has 0 aliphatic carbocycles. The average Bonchev–Trinajstić information content (AvgIpc) is 3.00. The number of rotatable bonds is 11. The van der Waals surface area contributed by atoms with Gasteiger partial charge in [-0.3, -0.25) is 0 Å². The monoisotopic (exact) mass is 535 g/mol. The SMILES string of the molecule is CCN(CC)c1ccc2nc3ccc(N=Nc4ccc(N(CCO)CCO)cc4)cc3[n+](-c3ccccc3)c2c1. The smallest absolute Gasteiger partial charge is 0.239 e. The minimum Gasteiger partial charge on any atom is -0.395 e. The molecular weight excluding hydrogens is 500 g/mol. The standard InChI is InChI=1S/C32H35N6O2/c1-3-36(4-2)28-15-17-30-32(23-28)38(27-8-6-5-7-9-27)31-22-25(12-16-29(31)33-30)35-34-24-10-13-26(14-11-24)37(18-20-39)19-21-40/h5-17,22-23,39-40H,3-4,18-21H2,1-2H3/q+1. The molecule has 0 radical (unpaired) electrons. The first-order chi connectivity index (χ1) is 19.6. The van der Waals surface area contributed by atoms with Gasteiger partial charge in [0, 0.05) is 61.8 Å². The molecule has 0 aliphatic heterocycles. The van der Waals surface area contributed by atoms with Crippen LogP contribution >= 0.6 is 0 Å². The van der Waals surface area contributed by atoms with Crippen LogP contribution in [-0.2, 0) is 0 Å². The first-order valence-electron chi connectivity index (χ1n) is 13.7. The Balaban J connectivity index is 1.56. The summed E-state index contributed by atoms with van der Waals surface area (Å²) in [6, 6.07) is 30.4. The van der Waals surface area contributed by atoms with E-state index in [1.165, 1.54) is 5.69 Å². The number of benzene rings is 4. The molecule has 0 amide bonds. The van der Waals surface area contributed by atoms with Gasteiger partial charge < -0.3 is 20.0 Å². The Kier molecular flexibility index (Phi) is 8.59. The van der Waals surface area contributed by atoms with E-state index in [1.54, 1.807) is 0 Å². The summed E-state index contributed by atoms with van der Waals surface area (Å²) in [5.41, 5.74) is 8.36.